The fraction of sp³-hybridized carbons (Fsp3) is 0.500. The summed E-state index contributed by atoms with van der Waals surface area (Å²) < 4.78 is 5.38. The first-order valence-electron chi connectivity index (χ1n) is 10.2. The standard InChI is InChI=1S/C20H25N5O5/c1-22-16-13-24(7-3-6-23-8-10-30-11-9-23)19(26)17(16)18(21-20(22)27)14-4-2-5-15(12-14)25(28)29/h2,4-5,12,18H,3,6-11,13H2,1H3,(H,21,27)/p+1/t18-/m1/s1. The van der Waals surface area contributed by atoms with Crippen LogP contribution in [0.2, 0.25) is 0 Å². The molecule has 3 aliphatic rings. The van der Waals surface area contributed by atoms with Crippen molar-refractivity contribution in [3.63, 3.8) is 0 Å². The highest BCUT2D eigenvalue weighted by Crippen LogP contribution is 2.36. The van der Waals surface area contributed by atoms with Gasteiger partial charge < -0.3 is 19.9 Å². The zero-order chi connectivity index (χ0) is 21.3. The molecule has 0 aromatic heterocycles. The predicted octanol–water partition coefficient (Wildman–Crippen LogP) is -0.308. The van der Waals surface area contributed by atoms with Gasteiger partial charge in [-0.3, -0.25) is 19.8 Å². The molecule has 10 nitrogen and oxygen atoms in total. The number of nitro benzene ring substituents is 1. The molecule has 3 heterocycles. The van der Waals surface area contributed by atoms with E-state index in [1.807, 2.05) is 0 Å². The minimum Gasteiger partial charge on any atom is -0.370 e. The van der Waals surface area contributed by atoms with Crippen molar-refractivity contribution in [3.05, 3.63) is 51.2 Å². The molecule has 1 aromatic rings. The van der Waals surface area contributed by atoms with Crippen LogP contribution < -0.4 is 10.2 Å². The number of nitrogens with one attached hydrogen (secondary N) is 2. The number of hydrogen-bond acceptors (Lipinski definition) is 5. The van der Waals surface area contributed by atoms with Gasteiger partial charge in [-0.2, -0.15) is 0 Å². The third kappa shape index (κ3) is 3.88. The normalized spacial score (nSPS) is 22.4. The summed E-state index contributed by atoms with van der Waals surface area (Å²) >= 11 is 0. The molecule has 1 aromatic carbocycles. The van der Waals surface area contributed by atoms with Crippen LogP contribution in [0, 0.1) is 10.1 Å². The van der Waals surface area contributed by atoms with E-state index in [0.717, 1.165) is 39.3 Å². The minimum atomic E-state index is -0.689. The minimum absolute atomic E-state index is 0.0707. The smallest absolute Gasteiger partial charge is 0.322 e. The van der Waals surface area contributed by atoms with E-state index in [-0.39, 0.29) is 17.6 Å². The SMILES string of the molecule is CN1C(=O)N[C@H](c2cccc([N+](=O)[O-])c2)C2=C1CN(CCC[NH+]1CCOCC1)C2=O. The summed E-state index contributed by atoms with van der Waals surface area (Å²) in [5.74, 6) is -0.120. The first kappa shape index (κ1) is 20.3. The molecule has 0 unspecified atom stereocenters. The van der Waals surface area contributed by atoms with Gasteiger partial charge in [0.05, 0.1) is 48.5 Å². The van der Waals surface area contributed by atoms with E-state index in [2.05, 4.69) is 5.32 Å². The van der Waals surface area contributed by atoms with Crippen molar-refractivity contribution in [1.82, 2.24) is 15.1 Å². The van der Waals surface area contributed by atoms with Crippen LogP contribution in [-0.4, -0.2) is 79.6 Å². The number of urea groups is 1. The van der Waals surface area contributed by atoms with E-state index in [1.165, 1.54) is 21.9 Å². The van der Waals surface area contributed by atoms with Crippen LogP contribution in [0.5, 0.6) is 0 Å². The van der Waals surface area contributed by atoms with Crippen molar-refractivity contribution in [3.8, 4) is 0 Å². The van der Waals surface area contributed by atoms with E-state index in [9.17, 15) is 19.7 Å². The average molecular weight is 416 g/mol. The Morgan fingerprint density at radius 1 is 1.30 bits per heavy atom. The van der Waals surface area contributed by atoms with Crippen LogP contribution >= 0.6 is 0 Å². The second-order valence-electron chi connectivity index (χ2n) is 7.85. The number of likely N-dealkylation sites (N-methyl/N-ethyl adjacent to an activating group) is 1. The number of amides is 3. The Morgan fingerprint density at radius 2 is 2.07 bits per heavy atom. The van der Waals surface area contributed by atoms with Crippen LogP contribution in [-0.2, 0) is 9.53 Å². The molecule has 0 bridgehead atoms. The van der Waals surface area contributed by atoms with E-state index in [0.29, 0.717) is 29.9 Å². The Hall–Kier alpha value is -2.98. The maximum Gasteiger partial charge on any atom is 0.322 e. The van der Waals surface area contributed by atoms with E-state index in [4.69, 9.17) is 4.74 Å². The molecule has 10 heteroatoms. The molecular formula is C20H26N5O5+. The summed E-state index contributed by atoms with van der Waals surface area (Å²) in [6.07, 6.45) is 0.869. The summed E-state index contributed by atoms with van der Waals surface area (Å²) in [4.78, 5) is 41.1. The Kier molecular flexibility index (Phi) is 5.69. The Balaban J connectivity index is 1.50. The third-order valence-corrected chi connectivity index (χ3v) is 6.01. The highest BCUT2D eigenvalue weighted by molar-refractivity contribution is 6.01. The monoisotopic (exact) mass is 416 g/mol. The van der Waals surface area contributed by atoms with Gasteiger partial charge in [0, 0.05) is 32.1 Å². The molecule has 0 saturated carbocycles. The number of carbonyl (C=O) groups excluding carboxylic acids is 2. The number of hydrogen-bond donors (Lipinski definition) is 2. The lowest BCUT2D eigenvalue weighted by Gasteiger charge is -2.31. The van der Waals surface area contributed by atoms with Gasteiger partial charge >= 0.3 is 6.03 Å². The first-order chi connectivity index (χ1) is 14.5. The van der Waals surface area contributed by atoms with Crippen LogP contribution in [0.25, 0.3) is 0 Å². The zero-order valence-electron chi connectivity index (χ0n) is 16.9. The van der Waals surface area contributed by atoms with E-state index in [1.54, 1.807) is 24.1 Å². The van der Waals surface area contributed by atoms with E-state index < -0.39 is 11.0 Å². The molecule has 0 radical (unpaired) electrons. The van der Waals surface area contributed by atoms with Crippen LogP contribution in [0.15, 0.2) is 35.5 Å². The van der Waals surface area contributed by atoms with Crippen molar-refractivity contribution >= 4 is 17.6 Å². The molecule has 1 saturated heterocycles. The summed E-state index contributed by atoms with van der Waals surface area (Å²) in [5, 5.41) is 14.0. The topological polar surface area (TPSA) is 109 Å². The van der Waals surface area contributed by atoms with Crippen LogP contribution in [0.1, 0.15) is 18.0 Å². The first-order valence-corrected chi connectivity index (χ1v) is 10.2. The Labute approximate surface area is 174 Å². The highest BCUT2D eigenvalue weighted by atomic mass is 16.6. The fourth-order valence-electron chi connectivity index (χ4n) is 4.30. The lowest BCUT2D eigenvalue weighted by Crippen LogP contribution is -3.14. The van der Waals surface area contributed by atoms with Crippen molar-refractivity contribution in [2.24, 2.45) is 0 Å². The summed E-state index contributed by atoms with van der Waals surface area (Å²) in [6.45, 7) is 5.48. The zero-order valence-corrected chi connectivity index (χ0v) is 16.9. The number of benzene rings is 1. The van der Waals surface area contributed by atoms with Gasteiger partial charge in [0.2, 0.25) is 0 Å². The molecule has 0 aliphatic carbocycles. The molecule has 2 N–H and O–H groups in total. The second-order valence-corrected chi connectivity index (χ2v) is 7.85. The molecule has 3 amide bonds. The van der Waals surface area contributed by atoms with Gasteiger partial charge in [-0.15, -0.1) is 0 Å². The molecule has 160 valence electrons. The maximum atomic E-state index is 13.2. The van der Waals surface area contributed by atoms with Gasteiger partial charge in [-0.25, -0.2) is 4.79 Å². The lowest BCUT2D eigenvalue weighted by molar-refractivity contribution is -0.908. The largest absolute Gasteiger partial charge is 0.370 e. The molecule has 30 heavy (non-hydrogen) atoms. The molecule has 1 atom stereocenters. The van der Waals surface area contributed by atoms with Gasteiger partial charge in [0.1, 0.15) is 13.1 Å². The van der Waals surface area contributed by atoms with E-state index >= 15 is 0 Å². The maximum absolute atomic E-state index is 13.2. The Morgan fingerprint density at radius 3 is 2.80 bits per heavy atom. The van der Waals surface area contributed by atoms with Gasteiger partial charge in [-0.1, -0.05) is 12.1 Å². The molecule has 4 rings (SSSR count). The number of carbonyl (C=O) groups is 2. The van der Waals surface area contributed by atoms with Crippen molar-refractivity contribution in [2.75, 3.05) is 53.0 Å². The number of non-ortho nitro benzene ring substituents is 1. The van der Waals surface area contributed by atoms with Crippen molar-refractivity contribution < 1.29 is 24.1 Å². The molecular weight excluding hydrogens is 390 g/mol. The molecule has 1 fully saturated rings. The average Bonchev–Trinajstić information content (AvgIpc) is 3.08. The molecule has 3 aliphatic heterocycles. The Bertz CT molecular complexity index is 895. The number of nitro groups is 1. The van der Waals surface area contributed by atoms with Crippen LogP contribution in [0.4, 0.5) is 10.5 Å². The van der Waals surface area contributed by atoms with Gasteiger partial charge in [0.25, 0.3) is 11.6 Å². The van der Waals surface area contributed by atoms with Crippen LogP contribution in [0.3, 0.4) is 0 Å². The van der Waals surface area contributed by atoms with Gasteiger partial charge in [-0.05, 0) is 5.56 Å². The number of rotatable bonds is 6. The summed E-state index contributed by atoms with van der Waals surface area (Å²) in [7, 11) is 1.64. The second kappa shape index (κ2) is 8.41. The number of quaternary nitrogens is 1. The number of ether oxygens (including phenoxy) is 1. The number of morpholine rings is 1. The fourth-order valence-corrected chi connectivity index (χ4v) is 4.30. The molecule has 0 spiro atoms. The number of nitrogens with zero attached hydrogens (tertiary/aromatic N) is 3. The summed E-state index contributed by atoms with van der Waals surface area (Å²) in [5.41, 5.74) is 1.63. The van der Waals surface area contributed by atoms with Crippen molar-refractivity contribution in [1.29, 1.82) is 0 Å². The van der Waals surface area contributed by atoms with Crippen molar-refractivity contribution in [2.45, 2.75) is 12.5 Å². The quantitative estimate of drug-likeness (QED) is 0.489. The highest BCUT2D eigenvalue weighted by Gasteiger charge is 2.43. The third-order valence-electron chi connectivity index (χ3n) is 6.01. The lowest BCUT2D eigenvalue weighted by atomic mass is 9.95. The summed E-state index contributed by atoms with van der Waals surface area (Å²) in [6, 6.07) is 5.07. The predicted molar refractivity (Wildman–Crippen MR) is 107 cm³/mol. The van der Waals surface area contributed by atoms with Gasteiger partial charge in [0.15, 0.2) is 0 Å².